The zero-order chi connectivity index (χ0) is 13.2. The Kier molecular flexibility index (Phi) is 3.30. The lowest BCUT2D eigenvalue weighted by Crippen LogP contribution is -2.61. The van der Waals surface area contributed by atoms with Crippen molar-refractivity contribution in [1.29, 1.82) is 5.26 Å². The number of carbonyl (C=O) groups excluding carboxylic acids is 1. The van der Waals surface area contributed by atoms with E-state index in [-0.39, 0.29) is 5.91 Å². The molecule has 1 saturated heterocycles. The van der Waals surface area contributed by atoms with E-state index in [9.17, 15) is 4.79 Å². The molecule has 1 aromatic rings. The molecule has 0 bridgehead atoms. The fourth-order valence-corrected chi connectivity index (χ4v) is 2.07. The Morgan fingerprint density at radius 2 is 2.39 bits per heavy atom. The van der Waals surface area contributed by atoms with Gasteiger partial charge in [-0.1, -0.05) is 0 Å². The second-order valence-electron chi connectivity index (χ2n) is 4.90. The number of hydrogen-bond acceptors (Lipinski definition) is 4. The highest BCUT2D eigenvalue weighted by Crippen LogP contribution is 2.20. The van der Waals surface area contributed by atoms with Crippen LogP contribution in [0, 0.1) is 11.3 Å². The molecule has 0 spiro atoms. The number of nitrogens with zero attached hydrogens (tertiary/aromatic N) is 3. The molecule has 0 saturated carbocycles. The Labute approximate surface area is 106 Å². The number of nitrogens with one attached hydrogen (secondary N) is 1. The lowest BCUT2D eigenvalue weighted by molar-refractivity contribution is -0.135. The highest BCUT2D eigenvalue weighted by Gasteiger charge is 2.37. The van der Waals surface area contributed by atoms with Crippen molar-refractivity contribution in [3.63, 3.8) is 0 Å². The molecule has 18 heavy (non-hydrogen) atoms. The van der Waals surface area contributed by atoms with Gasteiger partial charge in [0.2, 0.25) is 5.91 Å². The maximum atomic E-state index is 11.8. The predicted octanol–water partition coefficient (Wildman–Crippen LogP) is 0.664. The van der Waals surface area contributed by atoms with E-state index in [2.05, 4.69) is 15.2 Å². The minimum Gasteiger partial charge on any atom is -0.353 e. The molecule has 1 N–H and O–H groups in total. The minimum absolute atomic E-state index is 0.0447. The average Bonchev–Trinajstić information content (AvgIpc) is 2.36. The quantitative estimate of drug-likeness (QED) is 0.830. The molecule has 2 rings (SSSR count). The zero-order valence-electron chi connectivity index (χ0n) is 10.6. The van der Waals surface area contributed by atoms with Crippen LogP contribution in [0.2, 0.25) is 0 Å². The summed E-state index contributed by atoms with van der Waals surface area (Å²) in [4.78, 5) is 17.9. The molecule has 94 valence electrons. The van der Waals surface area contributed by atoms with Crippen LogP contribution in [0.15, 0.2) is 18.3 Å². The molecule has 0 atom stereocenters. The van der Waals surface area contributed by atoms with Crippen LogP contribution in [0.4, 0.5) is 0 Å². The van der Waals surface area contributed by atoms with E-state index in [4.69, 9.17) is 5.26 Å². The van der Waals surface area contributed by atoms with Crippen molar-refractivity contribution in [2.45, 2.75) is 25.9 Å². The molecule has 0 radical (unpaired) electrons. The van der Waals surface area contributed by atoms with Gasteiger partial charge in [-0.3, -0.25) is 9.69 Å². The van der Waals surface area contributed by atoms with Gasteiger partial charge in [0.25, 0.3) is 0 Å². The summed E-state index contributed by atoms with van der Waals surface area (Å²) in [6, 6.07) is 5.67. The Hall–Kier alpha value is -1.93. The van der Waals surface area contributed by atoms with Gasteiger partial charge >= 0.3 is 0 Å². The fourth-order valence-electron chi connectivity index (χ4n) is 2.07. The van der Waals surface area contributed by atoms with Crippen LogP contribution in [-0.2, 0) is 11.3 Å². The molecule has 1 amide bonds. The molecule has 2 heterocycles. The third-order valence-corrected chi connectivity index (χ3v) is 3.33. The van der Waals surface area contributed by atoms with Crippen LogP contribution in [0.25, 0.3) is 0 Å². The summed E-state index contributed by atoms with van der Waals surface area (Å²) in [5, 5.41) is 11.7. The highest BCUT2D eigenvalue weighted by atomic mass is 16.2. The Morgan fingerprint density at radius 3 is 3.11 bits per heavy atom. The van der Waals surface area contributed by atoms with E-state index < -0.39 is 5.54 Å². The molecule has 5 heteroatoms. The van der Waals surface area contributed by atoms with E-state index >= 15 is 0 Å². The molecule has 0 aromatic carbocycles. The van der Waals surface area contributed by atoms with Crippen LogP contribution in [0.5, 0.6) is 0 Å². The van der Waals surface area contributed by atoms with Crippen molar-refractivity contribution in [2.24, 2.45) is 0 Å². The van der Waals surface area contributed by atoms with Gasteiger partial charge in [0.05, 0.1) is 5.54 Å². The Balaban J connectivity index is 2.18. The van der Waals surface area contributed by atoms with E-state index in [1.807, 2.05) is 26.0 Å². The third kappa shape index (κ3) is 2.34. The summed E-state index contributed by atoms with van der Waals surface area (Å²) in [6.07, 6.45) is 1.63. The van der Waals surface area contributed by atoms with Crippen LogP contribution in [0.1, 0.15) is 25.1 Å². The van der Waals surface area contributed by atoms with Crippen molar-refractivity contribution in [1.82, 2.24) is 15.2 Å². The summed E-state index contributed by atoms with van der Waals surface area (Å²) in [5.41, 5.74) is 0.894. The van der Waals surface area contributed by atoms with Gasteiger partial charge in [-0.25, -0.2) is 4.98 Å². The second-order valence-corrected chi connectivity index (χ2v) is 4.90. The van der Waals surface area contributed by atoms with E-state index in [1.54, 1.807) is 12.3 Å². The van der Waals surface area contributed by atoms with Crippen LogP contribution < -0.4 is 5.32 Å². The molecule has 1 aliphatic heterocycles. The van der Waals surface area contributed by atoms with Crippen molar-refractivity contribution in [3.05, 3.63) is 29.6 Å². The molecule has 0 unspecified atom stereocenters. The highest BCUT2D eigenvalue weighted by molar-refractivity contribution is 5.86. The number of hydrogen-bond donors (Lipinski definition) is 1. The average molecular weight is 244 g/mol. The molecule has 0 aliphatic carbocycles. The SMILES string of the molecule is CC1(C)C(=O)NCCN1Cc1ccnc(C#N)c1. The van der Waals surface area contributed by atoms with Gasteiger partial charge in [0, 0.05) is 25.8 Å². The molecule has 1 aliphatic rings. The topological polar surface area (TPSA) is 69.0 Å². The predicted molar refractivity (Wildman–Crippen MR) is 66.5 cm³/mol. The zero-order valence-corrected chi connectivity index (χ0v) is 10.6. The van der Waals surface area contributed by atoms with Gasteiger partial charge in [-0.05, 0) is 31.5 Å². The summed E-state index contributed by atoms with van der Waals surface area (Å²) < 4.78 is 0. The largest absolute Gasteiger partial charge is 0.353 e. The molecule has 1 aromatic heterocycles. The minimum atomic E-state index is -0.520. The number of pyridine rings is 1. The number of rotatable bonds is 2. The smallest absolute Gasteiger partial charge is 0.240 e. The fraction of sp³-hybridized carbons (Fsp3) is 0.462. The molecular formula is C13H16N4O. The standard InChI is InChI=1S/C13H16N4O/c1-13(2)12(18)16-5-6-17(13)9-10-3-4-15-11(7-10)8-14/h3-4,7H,5-6,9H2,1-2H3,(H,16,18). The monoisotopic (exact) mass is 244 g/mol. The van der Waals surface area contributed by atoms with E-state index in [0.29, 0.717) is 18.8 Å². The maximum absolute atomic E-state index is 11.8. The number of nitriles is 1. The first-order valence-corrected chi connectivity index (χ1v) is 5.92. The molecular weight excluding hydrogens is 228 g/mol. The normalized spacial score (nSPS) is 19.1. The van der Waals surface area contributed by atoms with Crippen molar-refractivity contribution in [2.75, 3.05) is 13.1 Å². The van der Waals surface area contributed by atoms with Crippen LogP contribution in [-0.4, -0.2) is 34.4 Å². The molecule has 1 fully saturated rings. The van der Waals surface area contributed by atoms with Gasteiger partial charge < -0.3 is 5.32 Å². The summed E-state index contributed by atoms with van der Waals surface area (Å²) >= 11 is 0. The number of aromatic nitrogens is 1. The third-order valence-electron chi connectivity index (χ3n) is 3.33. The van der Waals surface area contributed by atoms with Gasteiger partial charge in [-0.2, -0.15) is 5.26 Å². The van der Waals surface area contributed by atoms with Crippen molar-refractivity contribution >= 4 is 5.91 Å². The van der Waals surface area contributed by atoms with Gasteiger partial charge in [-0.15, -0.1) is 0 Å². The Morgan fingerprint density at radius 1 is 1.61 bits per heavy atom. The first-order valence-electron chi connectivity index (χ1n) is 5.92. The van der Waals surface area contributed by atoms with Crippen molar-refractivity contribution < 1.29 is 4.79 Å². The summed E-state index contributed by atoms with van der Waals surface area (Å²) in [6.45, 7) is 5.95. The number of piperazine rings is 1. The van der Waals surface area contributed by atoms with Gasteiger partial charge in [0.1, 0.15) is 11.8 Å². The first-order chi connectivity index (χ1) is 8.54. The van der Waals surface area contributed by atoms with Crippen molar-refractivity contribution in [3.8, 4) is 6.07 Å². The van der Waals surface area contributed by atoms with E-state index in [1.165, 1.54) is 0 Å². The molecule has 5 nitrogen and oxygen atoms in total. The van der Waals surface area contributed by atoms with Crippen LogP contribution >= 0.6 is 0 Å². The Bertz CT molecular complexity index is 504. The van der Waals surface area contributed by atoms with Gasteiger partial charge in [0.15, 0.2) is 0 Å². The number of amides is 1. The van der Waals surface area contributed by atoms with Crippen LogP contribution in [0.3, 0.4) is 0 Å². The number of carbonyl (C=O) groups is 1. The lowest BCUT2D eigenvalue weighted by Gasteiger charge is -2.41. The maximum Gasteiger partial charge on any atom is 0.240 e. The lowest BCUT2D eigenvalue weighted by atomic mass is 9.98. The summed E-state index contributed by atoms with van der Waals surface area (Å²) in [7, 11) is 0. The van der Waals surface area contributed by atoms with E-state index in [0.717, 1.165) is 12.1 Å². The summed E-state index contributed by atoms with van der Waals surface area (Å²) in [5.74, 6) is 0.0447. The second kappa shape index (κ2) is 4.75. The first kappa shape index (κ1) is 12.5.